The molecule has 0 N–H and O–H groups in total. The quantitative estimate of drug-likeness (QED) is 0.763. The molecule has 0 radical (unpaired) electrons. The van der Waals surface area contributed by atoms with Gasteiger partial charge in [-0.1, -0.05) is 18.2 Å². The summed E-state index contributed by atoms with van der Waals surface area (Å²) in [7, 11) is 0. The Morgan fingerprint density at radius 1 is 1.20 bits per heavy atom. The minimum Gasteiger partial charge on any atom is -0.456 e. The number of amides is 2. The van der Waals surface area contributed by atoms with Crippen molar-refractivity contribution in [3.63, 3.8) is 0 Å². The number of esters is 1. The number of rotatable bonds is 3. The van der Waals surface area contributed by atoms with Crippen molar-refractivity contribution in [2.75, 3.05) is 37.7 Å². The lowest BCUT2D eigenvalue weighted by Gasteiger charge is -2.46. The monoisotopic (exact) mass is 346 g/mol. The summed E-state index contributed by atoms with van der Waals surface area (Å²) in [4.78, 5) is 38.6. The van der Waals surface area contributed by atoms with Gasteiger partial charge in [0, 0.05) is 25.7 Å². The number of hydrogen-bond donors (Lipinski definition) is 0. The third-order valence-electron chi connectivity index (χ3n) is 4.74. The van der Waals surface area contributed by atoms with Gasteiger partial charge in [0.25, 0.3) is 11.8 Å². The van der Waals surface area contributed by atoms with E-state index in [-0.39, 0.29) is 25.0 Å². The summed E-state index contributed by atoms with van der Waals surface area (Å²) in [5, 5.41) is 0. The van der Waals surface area contributed by atoms with Gasteiger partial charge in [0.1, 0.15) is 6.61 Å². The molecule has 0 aromatic heterocycles. The Labute approximate surface area is 146 Å². The van der Waals surface area contributed by atoms with Gasteiger partial charge in [0.05, 0.1) is 12.1 Å². The van der Waals surface area contributed by atoms with Gasteiger partial charge in [-0.3, -0.25) is 14.4 Å². The Balaban J connectivity index is 1.61. The van der Waals surface area contributed by atoms with Crippen LogP contribution in [0, 0.1) is 0 Å². The molecule has 25 heavy (non-hydrogen) atoms. The molecule has 0 unspecified atom stereocenters. The van der Waals surface area contributed by atoms with E-state index in [2.05, 4.69) is 0 Å². The van der Waals surface area contributed by atoms with Gasteiger partial charge in [0.15, 0.2) is 6.61 Å². The van der Waals surface area contributed by atoms with Gasteiger partial charge in [-0.2, -0.15) is 0 Å². The van der Waals surface area contributed by atoms with Crippen LogP contribution in [-0.4, -0.2) is 61.1 Å². The smallest absolute Gasteiger partial charge is 0.303 e. The third kappa shape index (κ3) is 3.99. The zero-order valence-electron chi connectivity index (χ0n) is 14.3. The molecule has 1 aromatic rings. The minimum atomic E-state index is -0.463. The summed E-state index contributed by atoms with van der Waals surface area (Å²) in [5.74, 6) is -0.712. The molecule has 0 atom stereocenters. The predicted octanol–water partition coefficient (Wildman–Crippen LogP) is 0.974. The van der Waals surface area contributed by atoms with Crippen LogP contribution in [0.15, 0.2) is 30.3 Å². The lowest BCUT2D eigenvalue weighted by atomic mass is 9.89. The number of nitrogens with zero attached hydrogens (tertiary/aromatic N) is 2. The highest BCUT2D eigenvalue weighted by Gasteiger charge is 2.43. The van der Waals surface area contributed by atoms with Crippen molar-refractivity contribution in [1.29, 1.82) is 0 Å². The number of morpholine rings is 1. The fourth-order valence-corrected chi connectivity index (χ4v) is 3.28. The highest BCUT2D eigenvalue weighted by atomic mass is 16.5. The molecule has 0 bridgehead atoms. The van der Waals surface area contributed by atoms with E-state index in [4.69, 9.17) is 9.47 Å². The summed E-state index contributed by atoms with van der Waals surface area (Å²) in [6, 6.07) is 9.54. The van der Waals surface area contributed by atoms with Crippen LogP contribution in [0.25, 0.3) is 0 Å². The zero-order valence-corrected chi connectivity index (χ0v) is 14.3. The number of ether oxygens (including phenoxy) is 2. The maximum absolute atomic E-state index is 12.2. The van der Waals surface area contributed by atoms with Crippen LogP contribution in [0.2, 0.25) is 0 Å². The van der Waals surface area contributed by atoms with Crippen molar-refractivity contribution in [2.45, 2.75) is 25.4 Å². The molecule has 2 saturated heterocycles. The van der Waals surface area contributed by atoms with Gasteiger partial charge in [-0.15, -0.1) is 0 Å². The Morgan fingerprint density at radius 2 is 1.88 bits per heavy atom. The Kier molecular flexibility index (Phi) is 5.03. The molecule has 2 heterocycles. The highest BCUT2D eigenvalue weighted by molar-refractivity contribution is 5.95. The van der Waals surface area contributed by atoms with E-state index in [1.807, 2.05) is 30.3 Å². The number of likely N-dealkylation sites (tertiary alicyclic amines) is 1. The lowest BCUT2D eigenvalue weighted by Crippen LogP contribution is -2.59. The number of anilines is 1. The number of hydrogen-bond acceptors (Lipinski definition) is 5. The maximum atomic E-state index is 12.2. The summed E-state index contributed by atoms with van der Waals surface area (Å²) in [5.41, 5.74) is 0.436. The second kappa shape index (κ2) is 7.23. The molecule has 1 aromatic carbocycles. The van der Waals surface area contributed by atoms with Crippen molar-refractivity contribution in [3.8, 4) is 0 Å². The van der Waals surface area contributed by atoms with Crippen molar-refractivity contribution >= 4 is 23.5 Å². The predicted molar refractivity (Wildman–Crippen MR) is 89.9 cm³/mol. The molecule has 2 aliphatic rings. The molecule has 0 aliphatic carbocycles. The van der Waals surface area contributed by atoms with E-state index in [9.17, 15) is 14.4 Å². The zero-order chi connectivity index (χ0) is 17.9. The van der Waals surface area contributed by atoms with E-state index in [0.717, 1.165) is 5.69 Å². The molecule has 0 saturated carbocycles. The van der Waals surface area contributed by atoms with E-state index in [1.54, 1.807) is 9.80 Å². The van der Waals surface area contributed by atoms with Gasteiger partial charge >= 0.3 is 5.97 Å². The molecule has 7 nitrogen and oxygen atoms in total. The van der Waals surface area contributed by atoms with Crippen LogP contribution in [0.1, 0.15) is 19.8 Å². The summed E-state index contributed by atoms with van der Waals surface area (Å²) in [6.45, 7) is 2.65. The van der Waals surface area contributed by atoms with E-state index in [1.165, 1.54) is 6.92 Å². The maximum Gasteiger partial charge on any atom is 0.303 e. The summed E-state index contributed by atoms with van der Waals surface area (Å²) in [6.07, 6.45) is 1.30. The van der Waals surface area contributed by atoms with E-state index in [0.29, 0.717) is 32.5 Å². The average Bonchev–Trinajstić information content (AvgIpc) is 2.63. The number of piperidine rings is 1. The molecule has 1 spiro atoms. The first-order chi connectivity index (χ1) is 12.0. The van der Waals surface area contributed by atoms with Gasteiger partial charge in [0.2, 0.25) is 0 Å². The van der Waals surface area contributed by atoms with Crippen LogP contribution < -0.4 is 4.90 Å². The van der Waals surface area contributed by atoms with Crippen molar-refractivity contribution in [2.24, 2.45) is 0 Å². The Hall–Kier alpha value is -2.41. The van der Waals surface area contributed by atoms with Crippen LogP contribution >= 0.6 is 0 Å². The van der Waals surface area contributed by atoms with Gasteiger partial charge in [-0.25, -0.2) is 0 Å². The Morgan fingerprint density at radius 3 is 2.52 bits per heavy atom. The molecule has 2 aliphatic heterocycles. The third-order valence-corrected chi connectivity index (χ3v) is 4.74. The topological polar surface area (TPSA) is 76.2 Å². The first kappa shape index (κ1) is 17.4. The van der Waals surface area contributed by atoms with Crippen molar-refractivity contribution in [3.05, 3.63) is 30.3 Å². The van der Waals surface area contributed by atoms with Gasteiger partial charge < -0.3 is 19.3 Å². The van der Waals surface area contributed by atoms with Crippen molar-refractivity contribution < 1.29 is 23.9 Å². The number of benzene rings is 1. The lowest BCUT2D eigenvalue weighted by molar-refractivity contribution is -0.156. The van der Waals surface area contributed by atoms with Crippen LogP contribution in [-0.2, 0) is 23.9 Å². The summed E-state index contributed by atoms with van der Waals surface area (Å²) < 4.78 is 10.7. The number of carbonyl (C=O) groups is 3. The normalized spacial score (nSPS) is 19.8. The highest BCUT2D eigenvalue weighted by Crippen LogP contribution is 2.32. The largest absolute Gasteiger partial charge is 0.456 e. The molecule has 7 heteroatoms. The van der Waals surface area contributed by atoms with Crippen LogP contribution in [0.4, 0.5) is 5.69 Å². The fourth-order valence-electron chi connectivity index (χ4n) is 3.28. The van der Waals surface area contributed by atoms with Crippen molar-refractivity contribution in [1.82, 2.24) is 4.90 Å². The molecular weight excluding hydrogens is 324 g/mol. The number of para-hydroxylation sites is 1. The second-order valence-corrected chi connectivity index (χ2v) is 6.45. The second-order valence-electron chi connectivity index (χ2n) is 6.45. The summed E-state index contributed by atoms with van der Waals surface area (Å²) >= 11 is 0. The van der Waals surface area contributed by atoms with Crippen LogP contribution in [0.5, 0.6) is 0 Å². The average molecular weight is 346 g/mol. The molecular formula is C18H22N2O5. The van der Waals surface area contributed by atoms with E-state index >= 15 is 0 Å². The first-order valence-corrected chi connectivity index (χ1v) is 8.40. The fraction of sp³-hybridized carbons (Fsp3) is 0.500. The standard InChI is InChI=1S/C18H22N2O5/c1-14(21)24-11-16(22)19-9-7-18(8-10-19)13-20(17(23)12-25-18)15-5-3-2-4-6-15/h2-6H,7-13H2,1H3. The minimum absolute atomic E-state index is 0.0508. The molecule has 134 valence electrons. The van der Waals surface area contributed by atoms with Crippen LogP contribution in [0.3, 0.4) is 0 Å². The molecule has 2 fully saturated rings. The number of carbonyl (C=O) groups excluding carboxylic acids is 3. The molecule has 2 amide bonds. The van der Waals surface area contributed by atoms with Gasteiger partial charge in [-0.05, 0) is 25.0 Å². The Bertz CT molecular complexity index is 653. The first-order valence-electron chi connectivity index (χ1n) is 8.40. The molecule has 3 rings (SSSR count). The van der Waals surface area contributed by atoms with E-state index < -0.39 is 11.6 Å². The SMILES string of the molecule is CC(=O)OCC(=O)N1CCC2(CC1)CN(c1ccccc1)C(=O)CO2.